The molecule has 1 heterocycles. The Hall–Kier alpha value is -4.64. The van der Waals surface area contributed by atoms with Gasteiger partial charge in [-0.1, -0.05) is 66.2 Å². The van der Waals surface area contributed by atoms with Crippen LogP contribution in [-0.2, 0) is 9.53 Å². The van der Waals surface area contributed by atoms with Crippen molar-refractivity contribution in [3.05, 3.63) is 120 Å². The number of methoxy groups -OCH3 is 1. The minimum absolute atomic E-state index is 0.301. The van der Waals surface area contributed by atoms with Crippen molar-refractivity contribution in [2.24, 2.45) is 0 Å². The van der Waals surface area contributed by atoms with Crippen molar-refractivity contribution in [3.8, 4) is 22.7 Å². The van der Waals surface area contributed by atoms with E-state index >= 15 is 0 Å². The van der Waals surface area contributed by atoms with Gasteiger partial charge >= 0.3 is 5.97 Å². The molecule has 5 nitrogen and oxygen atoms in total. The van der Waals surface area contributed by atoms with E-state index in [0.717, 1.165) is 39.0 Å². The number of esters is 1. The fourth-order valence-corrected chi connectivity index (χ4v) is 4.33. The van der Waals surface area contributed by atoms with E-state index in [4.69, 9.17) is 14.6 Å². The van der Waals surface area contributed by atoms with Crippen LogP contribution in [0.2, 0.25) is 0 Å². The molecule has 0 aliphatic heterocycles. The lowest BCUT2D eigenvalue weighted by Gasteiger charge is -2.09. The van der Waals surface area contributed by atoms with Gasteiger partial charge in [0, 0.05) is 17.2 Å². The Morgan fingerprint density at radius 3 is 2.32 bits per heavy atom. The van der Waals surface area contributed by atoms with Crippen LogP contribution in [-0.4, -0.2) is 29.5 Å². The molecule has 4 aromatic carbocycles. The molecule has 0 fully saturated rings. The number of hydrogen-bond donors (Lipinski definition) is 0. The van der Waals surface area contributed by atoms with Crippen molar-refractivity contribution in [1.29, 1.82) is 0 Å². The Morgan fingerprint density at radius 1 is 0.892 bits per heavy atom. The third-order valence-electron chi connectivity index (χ3n) is 6.26. The van der Waals surface area contributed by atoms with E-state index in [9.17, 15) is 4.79 Å². The molecule has 0 aliphatic rings. The van der Waals surface area contributed by atoms with Crippen molar-refractivity contribution < 1.29 is 14.3 Å². The highest BCUT2D eigenvalue weighted by atomic mass is 16.5. The highest BCUT2D eigenvalue weighted by Gasteiger charge is 2.18. The first-order valence-corrected chi connectivity index (χ1v) is 12.3. The number of fused-ring (bicyclic) bond motifs is 1. The Labute approximate surface area is 216 Å². The van der Waals surface area contributed by atoms with E-state index < -0.39 is 5.97 Å². The smallest absolute Gasteiger partial charge is 0.331 e. The number of carbonyl (C=O) groups excluding carboxylic acids is 1. The lowest BCUT2D eigenvalue weighted by molar-refractivity contribution is -0.137. The van der Waals surface area contributed by atoms with Crippen LogP contribution in [0.4, 0.5) is 0 Å². The van der Waals surface area contributed by atoms with Crippen LogP contribution in [0, 0.1) is 6.92 Å². The lowest BCUT2D eigenvalue weighted by atomic mass is 9.98. The quantitative estimate of drug-likeness (QED) is 0.183. The van der Waals surface area contributed by atoms with Crippen LogP contribution >= 0.6 is 0 Å². The van der Waals surface area contributed by atoms with Gasteiger partial charge in [0.05, 0.1) is 30.8 Å². The Balaban J connectivity index is 1.70. The summed E-state index contributed by atoms with van der Waals surface area (Å²) in [5, 5.41) is 7.22. The van der Waals surface area contributed by atoms with E-state index in [2.05, 4.69) is 55.5 Å². The molecule has 0 amide bonds. The zero-order valence-corrected chi connectivity index (χ0v) is 21.1. The third kappa shape index (κ3) is 5.16. The van der Waals surface area contributed by atoms with Gasteiger partial charge in [0.2, 0.25) is 0 Å². The molecular weight excluding hydrogens is 460 g/mol. The minimum atomic E-state index is -0.401. The predicted octanol–water partition coefficient (Wildman–Crippen LogP) is 7.00. The van der Waals surface area contributed by atoms with Crippen LogP contribution in [0.1, 0.15) is 23.7 Å². The summed E-state index contributed by atoms with van der Waals surface area (Å²) in [4.78, 5) is 12.7. The van der Waals surface area contributed by atoms with Crippen LogP contribution in [0.5, 0.6) is 5.75 Å². The van der Waals surface area contributed by atoms with Crippen molar-refractivity contribution in [2.75, 3.05) is 13.7 Å². The second-order valence-corrected chi connectivity index (χ2v) is 8.76. The van der Waals surface area contributed by atoms with E-state index in [1.54, 1.807) is 14.0 Å². The van der Waals surface area contributed by atoms with Crippen molar-refractivity contribution in [3.63, 3.8) is 0 Å². The fourth-order valence-electron chi connectivity index (χ4n) is 4.33. The van der Waals surface area contributed by atoms with Gasteiger partial charge in [-0.15, -0.1) is 0 Å². The van der Waals surface area contributed by atoms with Crippen molar-refractivity contribution in [2.45, 2.75) is 13.8 Å². The van der Waals surface area contributed by atoms with Gasteiger partial charge < -0.3 is 9.47 Å². The second kappa shape index (κ2) is 10.5. The van der Waals surface area contributed by atoms with Crippen LogP contribution in [0.15, 0.2) is 103 Å². The Morgan fingerprint density at radius 2 is 1.62 bits per heavy atom. The summed E-state index contributed by atoms with van der Waals surface area (Å²) in [6, 6.07) is 32.4. The number of benzene rings is 4. The number of rotatable bonds is 7. The van der Waals surface area contributed by atoms with Crippen LogP contribution < -0.4 is 4.74 Å². The standard InChI is InChI=1S/C32H28N2O3/c1-4-37-32(35)20-29(26-14-13-23-7-5-6-8-25(23)19-26)30-21-31(24-11-9-22(2)10-12-24)34(33-30)27-15-17-28(36-3)18-16-27/h5-21H,4H2,1-3H3/b29-20-. The van der Waals surface area contributed by atoms with Gasteiger partial charge in [0.15, 0.2) is 0 Å². The van der Waals surface area contributed by atoms with Gasteiger partial charge in [0.25, 0.3) is 0 Å². The SMILES string of the molecule is CCOC(=O)/C=C(/c1ccc2ccccc2c1)c1cc(-c2ccc(C)cc2)n(-c2ccc(OC)cc2)n1. The predicted molar refractivity (Wildman–Crippen MR) is 148 cm³/mol. The zero-order valence-electron chi connectivity index (χ0n) is 21.1. The number of aromatic nitrogens is 2. The second-order valence-electron chi connectivity index (χ2n) is 8.76. The molecule has 0 unspecified atom stereocenters. The maximum Gasteiger partial charge on any atom is 0.331 e. The van der Waals surface area contributed by atoms with E-state index in [1.807, 2.05) is 53.2 Å². The zero-order chi connectivity index (χ0) is 25.8. The highest BCUT2D eigenvalue weighted by molar-refractivity contribution is 5.98. The first-order chi connectivity index (χ1) is 18.1. The number of aryl methyl sites for hydroxylation is 1. The number of carbonyl (C=O) groups is 1. The molecule has 5 heteroatoms. The average molecular weight is 489 g/mol. The van der Waals surface area contributed by atoms with Crippen LogP contribution in [0.3, 0.4) is 0 Å². The van der Waals surface area contributed by atoms with Crippen molar-refractivity contribution >= 4 is 22.3 Å². The molecular formula is C32H28N2O3. The van der Waals surface area contributed by atoms with E-state index in [-0.39, 0.29) is 0 Å². The molecule has 0 bridgehead atoms. The molecule has 0 atom stereocenters. The summed E-state index contributed by atoms with van der Waals surface area (Å²) in [6.45, 7) is 4.17. The molecule has 184 valence electrons. The lowest BCUT2D eigenvalue weighted by Crippen LogP contribution is -2.03. The maximum absolute atomic E-state index is 12.7. The largest absolute Gasteiger partial charge is 0.497 e. The van der Waals surface area contributed by atoms with Gasteiger partial charge in [-0.25, -0.2) is 9.48 Å². The monoisotopic (exact) mass is 488 g/mol. The van der Waals surface area contributed by atoms with Gasteiger partial charge in [-0.3, -0.25) is 0 Å². The number of ether oxygens (including phenoxy) is 2. The summed E-state index contributed by atoms with van der Waals surface area (Å²) in [7, 11) is 1.65. The molecule has 0 radical (unpaired) electrons. The highest BCUT2D eigenvalue weighted by Crippen LogP contribution is 2.32. The average Bonchev–Trinajstić information content (AvgIpc) is 3.37. The third-order valence-corrected chi connectivity index (χ3v) is 6.26. The molecule has 1 aromatic heterocycles. The summed E-state index contributed by atoms with van der Waals surface area (Å²) in [6.07, 6.45) is 1.53. The van der Waals surface area contributed by atoms with Gasteiger partial charge in [-0.2, -0.15) is 5.10 Å². The first kappa shape index (κ1) is 24.1. The molecule has 0 saturated heterocycles. The number of hydrogen-bond acceptors (Lipinski definition) is 4. The Kier molecular flexibility index (Phi) is 6.86. The molecule has 0 spiro atoms. The molecule has 37 heavy (non-hydrogen) atoms. The summed E-state index contributed by atoms with van der Waals surface area (Å²) < 4.78 is 12.5. The number of nitrogens with zero attached hydrogens (tertiary/aromatic N) is 2. The minimum Gasteiger partial charge on any atom is -0.497 e. The normalized spacial score (nSPS) is 11.5. The van der Waals surface area contributed by atoms with Gasteiger partial charge in [0.1, 0.15) is 5.75 Å². The topological polar surface area (TPSA) is 53.4 Å². The molecule has 0 saturated carbocycles. The molecule has 0 aliphatic carbocycles. The van der Waals surface area contributed by atoms with Gasteiger partial charge in [-0.05, 0) is 66.6 Å². The summed E-state index contributed by atoms with van der Waals surface area (Å²) >= 11 is 0. The Bertz CT molecular complexity index is 1580. The van der Waals surface area contributed by atoms with Crippen molar-refractivity contribution in [1.82, 2.24) is 9.78 Å². The van der Waals surface area contributed by atoms with E-state index in [0.29, 0.717) is 17.9 Å². The molecule has 5 rings (SSSR count). The van der Waals surface area contributed by atoms with E-state index in [1.165, 1.54) is 11.6 Å². The first-order valence-electron chi connectivity index (χ1n) is 12.3. The summed E-state index contributed by atoms with van der Waals surface area (Å²) in [5.41, 5.74) is 6.26. The maximum atomic E-state index is 12.7. The fraction of sp³-hybridized carbons (Fsp3) is 0.125. The molecule has 0 N–H and O–H groups in total. The van der Waals surface area contributed by atoms with Crippen LogP contribution in [0.25, 0.3) is 33.3 Å². The molecule has 5 aromatic rings. The summed E-state index contributed by atoms with van der Waals surface area (Å²) in [5.74, 6) is 0.369.